The lowest BCUT2D eigenvalue weighted by atomic mass is 10.1. The maximum atomic E-state index is 11.9. The zero-order valence-corrected chi connectivity index (χ0v) is 12.0. The fraction of sp³-hybridized carbons (Fsp3) is 0.167. The minimum absolute atomic E-state index is 0.0500. The van der Waals surface area contributed by atoms with E-state index in [1.165, 1.54) is 0 Å². The summed E-state index contributed by atoms with van der Waals surface area (Å²) in [6.07, 6.45) is 1.83. The largest absolute Gasteiger partial charge is 0.486 e. The van der Waals surface area contributed by atoms with Gasteiger partial charge in [0.15, 0.2) is 16.9 Å². The molecule has 0 spiro atoms. The van der Waals surface area contributed by atoms with Crippen molar-refractivity contribution in [2.45, 2.75) is 6.54 Å². The molecule has 1 aliphatic heterocycles. The van der Waals surface area contributed by atoms with E-state index in [1.54, 1.807) is 6.07 Å². The second-order valence-corrected chi connectivity index (χ2v) is 5.30. The molecule has 0 radical (unpaired) electrons. The molecular weight excluding hydrogens is 278 g/mol. The van der Waals surface area contributed by atoms with Gasteiger partial charge in [-0.05, 0) is 29.8 Å². The standard InChI is InChI=1S/C18H15NO3/c20-16-7-8-19(15-4-2-1-3-14(15)16)12-13-5-6-17-18(11-13)22-10-9-21-17/h1-8,11H,9-10,12H2. The van der Waals surface area contributed by atoms with Gasteiger partial charge in [0.05, 0.1) is 5.52 Å². The summed E-state index contributed by atoms with van der Waals surface area (Å²) < 4.78 is 13.2. The molecule has 1 aliphatic rings. The molecule has 0 N–H and O–H groups in total. The lowest BCUT2D eigenvalue weighted by Crippen LogP contribution is -2.15. The Morgan fingerprint density at radius 2 is 1.77 bits per heavy atom. The first kappa shape index (κ1) is 13.0. The van der Waals surface area contributed by atoms with Crippen molar-refractivity contribution in [1.82, 2.24) is 4.57 Å². The van der Waals surface area contributed by atoms with Gasteiger partial charge in [0.2, 0.25) is 0 Å². The molecule has 110 valence electrons. The number of pyridine rings is 1. The Bertz CT molecular complexity index is 898. The molecule has 0 aliphatic carbocycles. The Morgan fingerprint density at radius 1 is 0.955 bits per heavy atom. The Kier molecular flexibility index (Phi) is 3.07. The summed E-state index contributed by atoms with van der Waals surface area (Å²) in [5, 5.41) is 0.738. The normalized spacial score (nSPS) is 13.3. The van der Waals surface area contributed by atoms with Crippen LogP contribution in [0.3, 0.4) is 0 Å². The molecule has 4 heteroatoms. The quantitative estimate of drug-likeness (QED) is 0.729. The number of aromatic nitrogens is 1. The molecule has 22 heavy (non-hydrogen) atoms. The van der Waals surface area contributed by atoms with Crippen LogP contribution in [-0.2, 0) is 6.54 Å². The van der Waals surface area contributed by atoms with E-state index in [4.69, 9.17) is 9.47 Å². The Hall–Kier alpha value is -2.75. The summed E-state index contributed by atoms with van der Waals surface area (Å²) in [5.74, 6) is 1.58. The third-order valence-electron chi connectivity index (χ3n) is 3.84. The molecular formula is C18H15NO3. The first-order chi connectivity index (χ1) is 10.8. The molecule has 0 atom stereocenters. The molecule has 0 fully saturated rings. The van der Waals surface area contributed by atoms with Crippen molar-refractivity contribution in [1.29, 1.82) is 0 Å². The van der Waals surface area contributed by atoms with Crippen molar-refractivity contribution in [3.63, 3.8) is 0 Å². The average Bonchev–Trinajstić information content (AvgIpc) is 2.58. The van der Waals surface area contributed by atoms with Gasteiger partial charge >= 0.3 is 0 Å². The van der Waals surface area contributed by atoms with E-state index in [1.807, 2.05) is 48.7 Å². The smallest absolute Gasteiger partial charge is 0.189 e. The van der Waals surface area contributed by atoms with Crippen LogP contribution in [0.25, 0.3) is 10.9 Å². The first-order valence-corrected chi connectivity index (χ1v) is 7.28. The van der Waals surface area contributed by atoms with Gasteiger partial charge in [-0.3, -0.25) is 4.79 Å². The minimum atomic E-state index is 0.0500. The van der Waals surface area contributed by atoms with E-state index in [0.29, 0.717) is 19.8 Å². The van der Waals surface area contributed by atoms with Gasteiger partial charge in [0, 0.05) is 24.2 Å². The van der Waals surface area contributed by atoms with Gasteiger partial charge < -0.3 is 14.0 Å². The van der Waals surface area contributed by atoms with Crippen LogP contribution in [0.4, 0.5) is 0 Å². The minimum Gasteiger partial charge on any atom is -0.486 e. The van der Waals surface area contributed by atoms with E-state index in [-0.39, 0.29) is 5.43 Å². The second kappa shape index (κ2) is 5.22. The van der Waals surface area contributed by atoms with Crippen LogP contribution in [0.15, 0.2) is 59.5 Å². The number of benzene rings is 2. The number of hydrogen-bond donors (Lipinski definition) is 0. The Morgan fingerprint density at radius 3 is 2.68 bits per heavy atom. The number of para-hydroxylation sites is 1. The van der Waals surface area contributed by atoms with E-state index in [2.05, 4.69) is 4.57 Å². The van der Waals surface area contributed by atoms with E-state index < -0.39 is 0 Å². The third-order valence-corrected chi connectivity index (χ3v) is 3.84. The summed E-state index contributed by atoms with van der Waals surface area (Å²) in [4.78, 5) is 11.9. The van der Waals surface area contributed by atoms with Crippen LogP contribution in [0.2, 0.25) is 0 Å². The van der Waals surface area contributed by atoms with Crippen LogP contribution in [0.1, 0.15) is 5.56 Å². The highest BCUT2D eigenvalue weighted by Crippen LogP contribution is 2.31. The van der Waals surface area contributed by atoms with Crippen molar-refractivity contribution >= 4 is 10.9 Å². The first-order valence-electron chi connectivity index (χ1n) is 7.28. The van der Waals surface area contributed by atoms with Crippen LogP contribution in [0, 0.1) is 0 Å². The van der Waals surface area contributed by atoms with Crippen molar-refractivity contribution in [2.75, 3.05) is 13.2 Å². The molecule has 0 unspecified atom stereocenters. The molecule has 4 nitrogen and oxygen atoms in total. The maximum Gasteiger partial charge on any atom is 0.189 e. The van der Waals surface area contributed by atoms with Crippen LogP contribution < -0.4 is 14.9 Å². The zero-order chi connectivity index (χ0) is 14.9. The molecule has 0 saturated carbocycles. The molecule has 1 aromatic heterocycles. The fourth-order valence-corrected chi connectivity index (χ4v) is 2.78. The molecule has 0 saturated heterocycles. The van der Waals surface area contributed by atoms with Crippen LogP contribution in [0.5, 0.6) is 11.5 Å². The van der Waals surface area contributed by atoms with E-state index in [0.717, 1.165) is 28.0 Å². The predicted octanol–water partition coefficient (Wildman–Crippen LogP) is 2.82. The monoisotopic (exact) mass is 293 g/mol. The molecule has 2 aromatic carbocycles. The lowest BCUT2D eigenvalue weighted by Gasteiger charge is -2.19. The molecule has 0 bridgehead atoms. The number of fused-ring (bicyclic) bond motifs is 2. The fourth-order valence-electron chi connectivity index (χ4n) is 2.78. The number of rotatable bonds is 2. The van der Waals surface area contributed by atoms with Gasteiger partial charge in [-0.1, -0.05) is 18.2 Å². The number of ether oxygens (including phenoxy) is 2. The highest BCUT2D eigenvalue weighted by Gasteiger charge is 2.12. The molecule has 3 aromatic rings. The van der Waals surface area contributed by atoms with Gasteiger partial charge in [0.25, 0.3) is 0 Å². The van der Waals surface area contributed by atoms with E-state index in [9.17, 15) is 4.79 Å². The summed E-state index contributed by atoms with van der Waals surface area (Å²) >= 11 is 0. The van der Waals surface area contributed by atoms with Gasteiger partial charge in [0.1, 0.15) is 13.2 Å². The lowest BCUT2D eigenvalue weighted by molar-refractivity contribution is 0.171. The van der Waals surface area contributed by atoms with Gasteiger partial charge in [-0.15, -0.1) is 0 Å². The second-order valence-electron chi connectivity index (χ2n) is 5.30. The summed E-state index contributed by atoms with van der Waals surface area (Å²) in [5.41, 5.74) is 2.09. The highest BCUT2D eigenvalue weighted by molar-refractivity contribution is 5.78. The third kappa shape index (κ3) is 2.22. The topological polar surface area (TPSA) is 40.5 Å². The Balaban J connectivity index is 1.75. The molecule has 4 rings (SSSR count). The van der Waals surface area contributed by atoms with Gasteiger partial charge in [-0.25, -0.2) is 0 Å². The van der Waals surface area contributed by atoms with Crippen molar-refractivity contribution < 1.29 is 9.47 Å². The van der Waals surface area contributed by atoms with Crippen LogP contribution >= 0.6 is 0 Å². The SMILES string of the molecule is O=c1ccn(Cc2ccc3c(c2)OCCO3)c2ccccc12. The van der Waals surface area contributed by atoms with Crippen molar-refractivity contribution in [2.24, 2.45) is 0 Å². The summed E-state index contributed by atoms with van der Waals surface area (Å²) in [6.45, 7) is 1.85. The van der Waals surface area contributed by atoms with Crippen molar-refractivity contribution in [3.05, 3.63) is 70.5 Å². The molecule has 2 heterocycles. The van der Waals surface area contributed by atoms with E-state index >= 15 is 0 Å². The maximum absolute atomic E-state index is 11.9. The van der Waals surface area contributed by atoms with Crippen LogP contribution in [-0.4, -0.2) is 17.8 Å². The highest BCUT2D eigenvalue weighted by atomic mass is 16.6. The average molecular weight is 293 g/mol. The summed E-state index contributed by atoms with van der Waals surface area (Å²) in [6, 6.07) is 15.2. The number of nitrogens with zero attached hydrogens (tertiary/aromatic N) is 1. The zero-order valence-electron chi connectivity index (χ0n) is 12.0. The predicted molar refractivity (Wildman–Crippen MR) is 84.7 cm³/mol. The number of hydrogen-bond acceptors (Lipinski definition) is 3. The van der Waals surface area contributed by atoms with Crippen molar-refractivity contribution in [3.8, 4) is 11.5 Å². The summed E-state index contributed by atoms with van der Waals surface area (Å²) in [7, 11) is 0. The molecule has 0 amide bonds. The Labute approximate surface area is 127 Å². The van der Waals surface area contributed by atoms with Gasteiger partial charge in [-0.2, -0.15) is 0 Å².